The molecule has 186 valence electrons. The normalized spacial score (nSPS) is 11.1. The Balaban J connectivity index is 0.00000194. The second-order valence-electron chi connectivity index (χ2n) is 7.55. The SMILES string of the molecule is CNc1cc(/C(C=N)=C/C(=N)c2cc(NC(=O)/C(N)=C/N(N)C(C)C)ccc2C)ccn1.O=CO. The highest BCUT2D eigenvalue weighted by Gasteiger charge is 2.12. The van der Waals surface area contributed by atoms with Crippen LogP contribution in [0.1, 0.15) is 30.5 Å². The molecule has 2 aromatic rings. The van der Waals surface area contributed by atoms with E-state index in [1.807, 2.05) is 26.8 Å². The number of pyridine rings is 1. The summed E-state index contributed by atoms with van der Waals surface area (Å²) in [5.74, 6) is 5.97. The average molecular weight is 481 g/mol. The van der Waals surface area contributed by atoms with Gasteiger partial charge in [0.25, 0.3) is 12.4 Å². The number of nitrogens with two attached hydrogens (primary N) is 2. The third-order valence-corrected chi connectivity index (χ3v) is 4.74. The van der Waals surface area contributed by atoms with Crippen molar-refractivity contribution in [1.29, 1.82) is 10.8 Å². The van der Waals surface area contributed by atoms with Crippen molar-refractivity contribution in [2.24, 2.45) is 11.6 Å². The van der Waals surface area contributed by atoms with Gasteiger partial charge in [0.15, 0.2) is 0 Å². The van der Waals surface area contributed by atoms with Crippen molar-refractivity contribution in [3.63, 3.8) is 0 Å². The van der Waals surface area contributed by atoms with Crippen molar-refractivity contribution in [3.05, 3.63) is 71.2 Å². The average Bonchev–Trinajstić information content (AvgIpc) is 2.83. The van der Waals surface area contributed by atoms with Crippen LogP contribution in [0.4, 0.5) is 11.5 Å². The first kappa shape index (κ1) is 28.5. The van der Waals surface area contributed by atoms with Gasteiger partial charge in [-0.05, 0) is 62.2 Å². The molecule has 0 saturated heterocycles. The van der Waals surface area contributed by atoms with Crippen LogP contribution in [0.3, 0.4) is 0 Å². The summed E-state index contributed by atoms with van der Waals surface area (Å²) in [6, 6.07) is 8.83. The summed E-state index contributed by atoms with van der Waals surface area (Å²) in [6.45, 7) is 5.38. The lowest BCUT2D eigenvalue weighted by Crippen LogP contribution is -2.34. The van der Waals surface area contributed by atoms with Crippen molar-refractivity contribution in [2.45, 2.75) is 26.8 Å². The van der Waals surface area contributed by atoms with Crippen LogP contribution in [0.25, 0.3) is 5.57 Å². The molecule has 9 N–H and O–H groups in total. The van der Waals surface area contributed by atoms with Crippen molar-refractivity contribution < 1.29 is 14.7 Å². The fourth-order valence-corrected chi connectivity index (χ4v) is 2.75. The van der Waals surface area contributed by atoms with Gasteiger partial charge in [-0.2, -0.15) is 0 Å². The van der Waals surface area contributed by atoms with Crippen LogP contribution < -0.4 is 22.2 Å². The van der Waals surface area contributed by atoms with E-state index in [1.54, 1.807) is 43.6 Å². The Morgan fingerprint density at radius 2 is 1.91 bits per heavy atom. The van der Waals surface area contributed by atoms with E-state index in [0.29, 0.717) is 22.6 Å². The van der Waals surface area contributed by atoms with E-state index in [2.05, 4.69) is 15.6 Å². The summed E-state index contributed by atoms with van der Waals surface area (Å²) in [7, 11) is 1.76. The summed E-state index contributed by atoms with van der Waals surface area (Å²) in [5.41, 5.74) is 9.32. The van der Waals surface area contributed by atoms with Crippen molar-refractivity contribution in [2.75, 3.05) is 17.7 Å². The predicted molar refractivity (Wildman–Crippen MR) is 139 cm³/mol. The molecule has 0 bridgehead atoms. The lowest BCUT2D eigenvalue weighted by Gasteiger charge is -2.19. The highest BCUT2D eigenvalue weighted by Crippen LogP contribution is 2.20. The minimum absolute atomic E-state index is 0.00722. The van der Waals surface area contributed by atoms with Crippen LogP contribution in [0.15, 0.2) is 54.5 Å². The van der Waals surface area contributed by atoms with E-state index >= 15 is 0 Å². The number of hydrogen-bond acceptors (Lipinski definition) is 9. The number of rotatable bonds is 9. The van der Waals surface area contributed by atoms with Gasteiger partial charge in [0.05, 0.1) is 5.71 Å². The van der Waals surface area contributed by atoms with Crippen molar-refractivity contribution in [1.82, 2.24) is 9.99 Å². The summed E-state index contributed by atoms with van der Waals surface area (Å²) in [5, 5.41) is 30.3. The Morgan fingerprint density at radius 3 is 2.49 bits per heavy atom. The van der Waals surface area contributed by atoms with Crippen LogP contribution in [0.2, 0.25) is 0 Å². The largest absolute Gasteiger partial charge is 0.483 e. The minimum Gasteiger partial charge on any atom is -0.483 e. The second kappa shape index (κ2) is 13.9. The Labute approximate surface area is 204 Å². The summed E-state index contributed by atoms with van der Waals surface area (Å²) in [4.78, 5) is 24.9. The van der Waals surface area contributed by atoms with Crippen LogP contribution in [0, 0.1) is 17.7 Å². The zero-order valence-corrected chi connectivity index (χ0v) is 20.2. The highest BCUT2D eigenvalue weighted by molar-refractivity contribution is 6.20. The lowest BCUT2D eigenvalue weighted by molar-refractivity contribution is -0.122. The predicted octanol–water partition coefficient (Wildman–Crippen LogP) is 2.56. The molecule has 11 heteroatoms. The molecule has 0 aliphatic carbocycles. The van der Waals surface area contributed by atoms with Gasteiger partial charge in [-0.25, -0.2) is 10.8 Å². The van der Waals surface area contributed by atoms with Crippen LogP contribution in [0.5, 0.6) is 0 Å². The lowest BCUT2D eigenvalue weighted by atomic mass is 9.99. The zero-order chi connectivity index (χ0) is 26.5. The van der Waals surface area contributed by atoms with E-state index < -0.39 is 5.91 Å². The maximum atomic E-state index is 12.4. The van der Waals surface area contributed by atoms with E-state index in [1.165, 1.54) is 17.4 Å². The van der Waals surface area contributed by atoms with E-state index in [4.69, 9.17) is 32.3 Å². The van der Waals surface area contributed by atoms with Gasteiger partial charge in [-0.1, -0.05) is 6.07 Å². The first-order valence-electron chi connectivity index (χ1n) is 10.5. The molecule has 11 nitrogen and oxygen atoms in total. The topological polar surface area (TPSA) is 194 Å². The Morgan fingerprint density at radius 1 is 1.26 bits per heavy atom. The van der Waals surface area contributed by atoms with Crippen LogP contribution in [-0.4, -0.2) is 52.5 Å². The number of carbonyl (C=O) groups is 2. The maximum Gasteiger partial charge on any atom is 0.290 e. The Hall–Kier alpha value is -4.51. The quantitative estimate of drug-likeness (QED) is 0.0934. The molecule has 1 aromatic heterocycles. The molecule has 0 atom stereocenters. The smallest absolute Gasteiger partial charge is 0.290 e. The third-order valence-electron chi connectivity index (χ3n) is 4.74. The van der Waals surface area contributed by atoms with Gasteiger partial charge in [0.2, 0.25) is 0 Å². The van der Waals surface area contributed by atoms with E-state index in [0.717, 1.165) is 11.1 Å². The molecule has 0 aliphatic heterocycles. The van der Waals surface area contributed by atoms with Gasteiger partial charge in [0, 0.05) is 48.5 Å². The molecular formula is C24H32N8O3. The molecule has 0 unspecified atom stereocenters. The number of anilines is 2. The van der Waals surface area contributed by atoms with E-state index in [9.17, 15) is 4.79 Å². The van der Waals surface area contributed by atoms with Crippen molar-refractivity contribution in [3.8, 4) is 0 Å². The molecule has 0 radical (unpaired) electrons. The monoisotopic (exact) mass is 480 g/mol. The van der Waals surface area contributed by atoms with E-state index in [-0.39, 0.29) is 23.9 Å². The third kappa shape index (κ3) is 8.74. The number of aromatic nitrogens is 1. The van der Waals surface area contributed by atoms with Gasteiger partial charge in [0.1, 0.15) is 11.5 Å². The minimum atomic E-state index is -0.491. The number of hydrazine groups is 1. The second-order valence-corrected chi connectivity index (χ2v) is 7.55. The maximum absolute atomic E-state index is 12.4. The van der Waals surface area contributed by atoms with Crippen molar-refractivity contribution >= 4 is 41.4 Å². The first-order valence-corrected chi connectivity index (χ1v) is 10.5. The molecule has 1 aromatic carbocycles. The number of allylic oxidation sites excluding steroid dienone is 2. The number of amides is 1. The Bertz CT molecular complexity index is 1130. The number of benzene rings is 1. The molecule has 1 heterocycles. The summed E-state index contributed by atoms with van der Waals surface area (Å²) in [6.07, 6.45) is 5.83. The molecule has 0 fully saturated rings. The molecule has 0 saturated carbocycles. The molecule has 2 rings (SSSR count). The number of hydrogen-bond donors (Lipinski definition) is 7. The van der Waals surface area contributed by atoms with Crippen LogP contribution in [-0.2, 0) is 9.59 Å². The van der Waals surface area contributed by atoms with Crippen LogP contribution >= 0.6 is 0 Å². The van der Waals surface area contributed by atoms with Gasteiger partial charge >= 0.3 is 0 Å². The first-order chi connectivity index (χ1) is 16.6. The Kier molecular flexibility index (Phi) is 11.3. The van der Waals surface area contributed by atoms with Gasteiger partial charge in [-0.15, -0.1) is 0 Å². The standard InChI is InChI=1S/C23H30N8O.CH2O2/c1-14(2)31(27)13-21(26)23(32)30-18-6-5-15(3)19(11-18)20(25)9-17(12-24)16-7-8-29-22(10-16)28-4;2-1-3/h5-14,24-25H,26-27H2,1-4H3,(H,28,29)(H,30,32);1H,(H,2,3)/b17-9+,21-13-,24-12?,25-20?;. The zero-order valence-electron chi connectivity index (χ0n) is 20.2. The number of nitrogens with zero attached hydrogens (tertiary/aromatic N) is 2. The molecular weight excluding hydrogens is 448 g/mol. The summed E-state index contributed by atoms with van der Waals surface area (Å²) < 4.78 is 0. The molecule has 0 aliphatic rings. The summed E-state index contributed by atoms with van der Waals surface area (Å²) >= 11 is 0. The van der Waals surface area contributed by atoms with Gasteiger partial charge < -0.3 is 37.3 Å². The molecule has 1 amide bonds. The number of nitrogens with one attached hydrogen (secondary N) is 4. The van der Waals surface area contributed by atoms with Gasteiger partial charge in [-0.3, -0.25) is 9.59 Å². The molecule has 35 heavy (non-hydrogen) atoms. The number of aryl methyl sites for hydroxylation is 1. The fourth-order valence-electron chi connectivity index (χ4n) is 2.75. The molecule has 0 spiro atoms. The fraction of sp³-hybridized carbons (Fsp3) is 0.208. The number of carbonyl (C=O) groups excluding carboxylic acids is 1. The number of carboxylic acid groups (broad SMARTS) is 1. The highest BCUT2D eigenvalue weighted by atomic mass is 16.3.